The van der Waals surface area contributed by atoms with Gasteiger partial charge >= 0.3 is 5.97 Å². The number of ether oxygens (including phenoxy) is 1. The normalized spacial score (nSPS) is 26.8. The van der Waals surface area contributed by atoms with Gasteiger partial charge in [0.25, 0.3) is 5.91 Å². The highest BCUT2D eigenvalue weighted by Gasteiger charge is 2.46. The second kappa shape index (κ2) is 7.33. The van der Waals surface area contributed by atoms with Crippen molar-refractivity contribution in [3.05, 3.63) is 29.8 Å². The molecule has 1 aromatic carbocycles. The zero-order valence-corrected chi connectivity index (χ0v) is 14.7. The number of amides is 2. The standard InChI is InChI=1S/C18H23N3O4/c1-3-19-8-10-20(11-9-19)15-12-16(22)21(17(15)23)14-6-4-13(5-7-14)18(24)25-2/h4-7,15H,3,8-12H2,1-2H3/p+2/t15-/m0/s1. The van der Waals surface area contributed by atoms with Gasteiger partial charge in [-0.15, -0.1) is 0 Å². The van der Waals surface area contributed by atoms with E-state index in [1.165, 1.54) is 16.9 Å². The number of nitrogens with one attached hydrogen (secondary N) is 2. The van der Waals surface area contributed by atoms with Crippen LogP contribution in [0.2, 0.25) is 0 Å². The number of anilines is 1. The van der Waals surface area contributed by atoms with Crippen LogP contribution in [0.15, 0.2) is 24.3 Å². The van der Waals surface area contributed by atoms with E-state index >= 15 is 0 Å². The summed E-state index contributed by atoms with van der Waals surface area (Å²) in [6, 6.07) is 6.11. The van der Waals surface area contributed by atoms with Gasteiger partial charge in [0.1, 0.15) is 26.2 Å². The second-order valence-corrected chi connectivity index (χ2v) is 6.62. The molecule has 0 bridgehead atoms. The van der Waals surface area contributed by atoms with Gasteiger partial charge < -0.3 is 14.5 Å². The van der Waals surface area contributed by atoms with Gasteiger partial charge in [0, 0.05) is 0 Å². The molecule has 0 aromatic heterocycles. The van der Waals surface area contributed by atoms with E-state index in [4.69, 9.17) is 0 Å². The van der Waals surface area contributed by atoms with Crippen molar-refractivity contribution in [1.29, 1.82) is 0 Å². The number of carbonyl (C=O) groups excluding carboxylic acids is 3. The fourth-order valence-corrected chi connectivity index (χ4v) is 3.71. The Morgan fingerprint density at radius 1 is 1.16 bits per heavy atom. The Morgan fingerprint density at radius 2 is 1.80 bits per heavy atom. The number of esters is 1. The summed E-state index contributed by atoms with van der Waals surface area (Å²) in [6.07, 6.45) is 0.258. The van der Waals surface area contributed by atoms with E-state index in [0.717, 1.165) is 32.7 Å². The fourth-order valence-electron chi connectivity index (χ4n) is 3.71. The largest absolute Gasteiger partial charge is 0.465 e. The minimum Gasteiger partial charge on any atom is -0.465 e. The number of hydrogen-bond acceptors (Lipinski definition) is 4. The highest BCUT2D eigenvalue weighted by molar-refractivity contribution is 6.21. The van der Waals surface area contributed by atoms with Crippen molar-refractivity contribution in [2.45, 2.75) is 19.4 Å². The Hall–Kier alpha value is -2.25. The summed E-state index contributed by atoms with van der Waals surface area (Å²) in [6.45, 7) is 7.19. The van der Waals surface area contributed by atoms with Crippen molar-refractivity contribution in [2.24, 2.45) is 0 Å². The van der Waals surface area contributed by atoms with Gasteiger partial charge in [0.15, 0.2) is 6.04 Å². The summed E-state index contributed by atoms with van der Waals surface area (Å²) in [7, 11) is 1.32. The van der Waals surface area contributed by atoms with Gasteiger partial charge in [0.05, 0.1) is 31.3 Å². The third-order valence-electron chi connectivity index (χ3n) is 5.29. The van der Waals surface area contributed by atoms with Gasteiger partial charge in [-0.05, 0) is 31.2 Å². The first-order valence-electron chi connectivity index (χ1n) is 8.78. The van der Waals surface area contributed by atoms with Crippen LogP contribution in [0.5, 0.6) is 0 Å². The monoisotopic (exact) mass is 347 g/mol. The molecule has 134 valence electrons. The summed E-state index contributed by atoms with van der Waals surface area (Å²) in [5, 5.41) is 0. The third kappa shape index (κ3) is 3.43. The van der Waals surface area contributed by atoms with Crippen LogP contribution < -0.4 is 14.7 Å². The lowest BCUT2D eigenvalue weighted by Crippen LogP contribution is -3.29. The predicted molar refractivity (Wildman–Crippen MR) is 90.6 cm³/mol. The van der Waals surface area contributed by atoms with Crippen LogP contribution in [0.3, 0.4) is 0 Å². The number of hydrogen-bond donors (Lipinski definition) is 2. The molecule has 0 radical (unpaired) electrons. The molecule has 7 heteroatoms. The number of carbonyl (C=O) groups is 3. The molecule has 2 heterocycles. The quantitative estimate of drug-likeness (QED) is 0.484. The second-order valence-electron chi connectivity index (χ2n) is 6.62. The van der Waals surface area contributed by atoms with Crippen LogP contribution in [0.4, 0.5) is 5.69 Å². The molecule has 2 fully saturated rings. The third-order valence-corrected chi connectivity index (χ3v) is 5.29. The van der Waals surface area contributed by atoms with E-state index in [0.29, 0.717) is 11.3 Å². The molecule has 2 saturated heterocycles. The van der Waals surface area contributed by atoms with Crippen molar-refractivity contribution in [3.63, 3.8) is 0 Å². The molecule has 7 nitrogen and oxygen atoms in total. The molecule has 0 aliphatic carbocycles. The number of benzene rings is 1. The molecule has 2 N–H and O–H groups in total. The predicted octanol–water partition coefficient (Wildman–Crippen LogP) is -2.09. The number of likely N-dealkylation sites (N-methyl/N-ethyl adjacent to an activating group) is 1. The van der Waals surface area contributed by atoms with E-state index in [-0.39, 0.29) is 24.3 Å². The summed E-state index contributed by atoms with van der Waals surface area (Å²) >= 11 is 0. The van der Waals surface area contributed by atoms with Gasteiger partial charge in [-0.1, -0.05) is 0 Å². The Kier molecular flexibility index (Phi) is 5.15. The van der Waals surface area contributed by atoms with Crippen molar-refractivity contribution >= 4 is 23.5 Å². The molecule has 1 aromatic rings. The number of piperazine rings is 1. The van der Waals surface area contributed by atoms with E-state index < -0.39 is 5.97 Å². The molecule has 0 spiro atoms. The van der Waals surface area contributed by atoms with Gasteiger partial charge in [-0.25, -0.2) is 9.69 Å². The molecule has 2 aliphatic rings. The lowest BCUT2D eigenvalue weighted by atomic mass is 10.1. The molecule has 2 amide bonds. The average Bonchev–Trinajstić information content (AvgIpc) is 2.95. The summed E-state index contributed by atoms with van der Waals surface area (Å²) in [4.78, 5) is 40.8. The first-order chi connectivity index (χ1) is 12.0. The molecular formula is C18H25N3O4+2. The maximum Gasteiger partial charge on any atom is 0.337 e. The van der Waals surface area contributed by atoms with Crippen LogP contribution in [0.1, 0.15) is 23.7 Å². The van der Waals surface area contributed by atoms with E-state index in [2.05, 4.69) is 11.7 Å². The Bertz CT molecular complexity index is 665. The van der Waals surface area contributed by atoms with Crippen molar-refractivity contribution in [1.82, 2.24) is 0 Å². The molecular weight excluding hydrogens is 322 g/mol. The Balaban J connectivity index is 1.72. The van der Waals surface area contributed by atoms with Crippen molar-refractivity contribution in [2.75, 3.05) is 44.7 Å². The summed E-state index contributed by atoms with van der Waals surface area (Å²) < 4.78 is 4.67. The fraction of sp³-hybridized carbons (Fsp3) is 0.500. The van der Waals surface area contributed by atoms with Crippen LogP contribution in [-0.2, 0) is 14.3 Å². The molecule has 25 heavy (non-hydrogen) atoms. The number of imide groups is 1. The zero-order chi connectivity index (χ0) is 18.0. The van der Waals surface area contributed by atoms with Crippen molar-refractivity contribution in [3.8, 4) is 0 Å². The van der Waals surface area contributed by atoms with Gasteiger partial charge in [-0.3, -0.25) is 9.59 Å². The van der Waals surface area contributed by atoms with Crippen molar-refractivity contribution < 1.29 is 28.9 Å². The molecule has 1 atom stereocenters. The van der Waals surface area contributed by atoms with Crippen LogP contribution in [-0.4, -0.2) is 63.7 Å². The first kappa shape index (κ1) is 17.6. The number of methoxy groups -OCH3 is 1. The molecule has 2 aliphatic heterocycles. The Morgan fingerprint density at radius 3 is 2.36 bits per heavy atom. The summed E-state index contributed by atoms with van der Waals surface area (Å²) in [5.74, 6) is -0.742. The minimum absolute atomic E-state index is 0.134. The topological polar surface area (TPSA) is 72.6 Å². The number of rotatable bonds is 4. The highest BCUT2D eigenvalue weighted by atomic mass is 16.5. The lowest BCUT2D eigenvalue weighted by molar-refractivity contribution is -1.02. The Labute approximate surface area is 147 Å². The SMILES string of the molecule is CC[NH+]1CC[NH+]([C@H]2CC(=O)N(c3ccc(C(=O)OC)cc3)C2=O)CC1. The molecule has 0 saturated carbocycles. The average molecular weight is 347 g/mol. The van der Waals surface area contributed by atoms with Gasteiger partial charge in [-0.2, -0.15) is 0 Å². The minimum atomic E-state index is -0.441. The van der Waals surface area contributed by atoms with Crippen LogP contribution in [0.25, 0.3) is 0 Å². The van der Waals surface area contributed by atoms with Crippen LogP contribution in [0, 0.1) is 0 Å². The maximum absolute atomic E-state index is 12.8. The molecule has 0 unspecified atom stereocenters. The smallest absolute Gasteiger partial charge is 0.337 e. The molecule has 3 rings (SSSR count). The van der Waals surface area contributed by atoms with E-state index in [1.54, 1.807) is 29.2 Å². The van der Waals surface area contributed by atoms with Gasteiger partial charge in [0.2, 0.25) is 5.91 Å². The van der Waals surface area contributed by atoms with Crippen LogP contribution >= 0.6 is 0 Å². The number of quaternary nitrogens is 2. The lowest BCUT2D eigenvalue weighted by Gasteiger charge is -2.31. The van der Waals surface area contributed by atoms with E-state index in [1.807, 2.05) is 0 Å². The first-order valence-corrected chi connectivity index (χ1v) is 8.78. The summed E-state index contributed by atoms with van der Waals surface area (Å²) in [5.41, 5.74) is 0.911. The highest BCUT2D eigenvalue weighted by Crippen LogP contribution is 2.22. The maximum atomic E-state index is 12.8. The number of nitrogens with zero attached hydrogens (tertiary/aromatic N) is 1. The zero-order valence-electron chi connectivity index (χ0n) is 14.7. The van der Waals surface area contributed by atoms with E-state index in [9.17, 15) is 14.4 Å².